The molecule has 0 radical (unpaired) electrons. The fraction of sp³-hybridized carbons (Fsp3) is 0.0909. The lowest BCUT2D eigenvalue weighted by atomic mass is 10.1. The van der Waals surface area contributed by atoms with Crippen LogP contribution >= 0.6 is 38.9 Å². The molecule has 84 valence electrons. The van der Waals surface area contributed by atoms with Crippen molar-refractivity contribution in [1.82, 2.24) is 0 Å². The van der Waals surface area contributed by atoms with Gasteiger partial charge in [0.2, 0.25) is 0 Å². The molecule has 1 heterocycles. The van der Waals surface area contributed by atoms with Crippen LogP contribution < -0.4 is 5.73 Å². The predicted octanol–water partition coefficient (Wildman–Crippen LogP) is 3.83. The molecule has 1 aromatic heterocycles. The Balaban J connectivity index is 2.45. The average molecular weight is 319 g/mol. The van der Waals surface area contributed by atoms with Gasteiger partial charge in [-0.25, -0.2) is 0 Å². The fourth-order valence-electron chi connectivity index (χ4n) is 1.42. The minimum Gasteiger partial charge on any atom is -0.398 e. The van der Waals surface area contributed by atoms with Crippen molar-refractivity contribution in [2.24, 2.45) is 0 Å². The third-order valence-corrected chi connectivity index (χ3v) is 4.14. The van der Waals surface area contributed by atoms with Gasteiger partial charge in [0.15, 0.2) is 0 Å². The van der Waals surface area contributed by atoms with Gasteiger partial charge in [0, 0.05) is 15.7 Å². The summed E-state index contributed by atoms with van der Waals surface area (Å²) in [4.78, 5) is 0.714. The topological polar surface area (TPSA) is 46.2 Å². The first-order chi connectivity index (χ1) is 7.59. The number of halogens is 2. The van der Waals surface area contributed by atoms with E-state index in [1.165, 1.54) is 11.3 Å². The number of nitrogens with two attached hydrogens (primary N) is 1. The molecule has 2 aromatic rings. The number of thiophene rings is 1. The highest BCUT2D eigenvalue weighted by molar-refractivity contribution is 9.10. The Morgan fingerprint density at radius 3 is 2.75 bits per heavy atom. The second-order valence-electron chi connectivity index (χ2n) is 3.31. The lowest BCUT2D eigenvalue weighted by Gasteiger charge is -2.13. The minimum absolute atomic E-state index is 0.556. The molecule has 0 aliphatic rings. The van der Waals surface area contributed by atoms with E-state index in [0.29, 0.717) is 21.2 Å². The Kier molecular flexibility index (Phi) is 3.54. The summed E-state index contributed by atoms with van der Waals surface area (Å²) < 4.78 is 0.878. The number of benzene rings is 1. The molecule has 2 nitrogen and oxygen atoms in total. The standard InChI is InChI=1S/C11H9BrClNOS/c12-6-1-2-9(14)7(5-6)10(15)11-8(13)3-4-16-11/h1-5,10,15H,14H2. The van der Waals surface area contributed by atoms with Crippen molar-refractivity contribution < 1.29 is 5.11 Å². The van der Waals surface area contributed by atoms with Gasteiger partial charge >= 0.3 is 0 Å². The molecule has 0 spiro atoms. The molecule has 1 atom stereocenters. The predicted molar refractivity (Wildman–Crippen MR) is 71.9 cm³/mol. The zero-order chi connectivity index (χ0) is 11.7. The van der Waals surface area contributed by atoms with Crippen LogP contribution in [0.5, 0.6) is 0 Å². The Hall–Kier alpha value is -0.550. The molecule has 5 heteroatoms. The van der Waals surface area contributed by atoms with Crippen LogP contribution in [0.1, 0.15) is 16.5 Å². The first-order valence-electron chi connectivity index (χ1n) is 4.55. The summed E-state index contributed by atoms with van der Waals surface area (Å²) in [7, 11) is 0. The van der Waals surface area contributed by atoms with Crippen LogP contribution in [0.3, 0.4) is 0 Å². The lowest BCUT2D eigenvalue weighted by molar-refractivity contribution is 0.225. The Labute approximate surface area is 111 Å². The van der Waals surface area contributed by atoms with E-state index in [1.54, 1.807) is 18.2 Å². The van der Waals surface area contributed by atoms with E-state index in [0.717, 1.165) is 4.47 Å². The summed E-state index contributed by atoms with van der Waals surface area (Å²) in [5, 5.41) is 12.6. The van der Waals surface area contributed by atoms with E-state index in [2.05, 4.69) is 15.9 Å². The molecule has 0 aliphatic heterocycles. The highest BCUT2D eigenvalue weighted by Gasteiger charge is 2.17. The summed E-state index contributed by atoms with van der Waals surface area (Å²) in [5.41, 5.74) is 7.05. The molecule has 0 saturated heterocycles. The number of rotatable bonds is 2. The van der Waals surface area contributed by atoms with Crippen LogP contribution in [-0.2, 0) is 0 Å². The molecule has 2 rings (SSSR count). The molecule has 0 fully saturated rings. The SMILES string of the molecule is Nc1ccc(Br)cc1C(O)c1sccc1Cl. The second-order valence-corrected chi connectivity index (χ2v) is 5.58. The van der Waals surface area contributed by atoms with E-state index in [9.17, 15) is 5.11 Å². The van der Waals surface area contributed by atoms with Crippen molar-refractivity contribution in [1.29, 1.82) is 0 Å². The number of nitrogen functional groups attached to an aromatic ring is 1. The Morgan fingerprint density at radius 2 is 2.12 bits per heavy atom. The molecule has 0 aliphatic carbocycles. The highest BCUT2D eigenvalue weighted by atomic mass is 79.9. The molecular formula is C11H9BrClNOS. The van der Waals surface area contributed by atoms with Crippen LogP contribution in [-0.4, -0.2) is 5.11 Å². The third kappa shape index (κ3) is 2.25. The molecule has 0 amide bonds. The second kappa shape index (κ2) is 4.75. The zero-order valence-corrected chi connectivity index (χ0v) is 11.3. The molecule has 3 N–H and O–H groups in total. The maximum Gasteiger partial charge on any atom is 0.117 e. The monoisotopic (exact) mass is 317 g/mol. The van der Waals surface area contributed by atoms with Crippen LogP contribution in [0, 0.1) is 0 Å². The quantitative estimate of drug-likeness (QED) is 0.827. The summed E-state index contributed by atoms with van der Waals surface area (Å²) >= 11 is 10.7. The van der Waals surface area contributed by atoms with Crippen LogP contribution in [0.25, 0.3) is 0 Å². The number of aliphatic hydroxyl groups is 1. The Bertz CT molecular complexity index is 514. The van der Waals surface area contributed by atoms with E-state index in [-0.39, 0.29) is 0 Å². The van der Waals surface area contributed by atoms with Gasteiger partial charge in [0.25, 0.3) is 0 Å². The summed E-state index contributed by atoms with van der Waals surface area (Å²) in [5.74, 6) is 0. The van der Waals surface area contributed by atoms with Crippen molar-refractivity contribution in [3.05, 3.63) is 49.6 Å². The number of hydrogen-bond donors (Lipinski definition) is 2. The number of hydrogen-bond acceptors (Lipinski definition) is 3. The van der Waals surface area contributed by atoms with Crippen molar-refractivity contribution in [3.63, 3.8) is 0 Å². The lowest BCUT2D eigenvalue weighted by Crippen LogP contribution is -2.02. The van der Waals surface area contributed by atoms with Crippen LogP contribution in [0.2, 0.25) is 5.02 Å². The van der Waals surface area contributed by atoms with Crippen LogP contribution in [0.4, 0.5) is 5.69 Å². The highest BCUT2D eigenvalue weighted by Crippen LogP contribution is 2.35. The van der Waals surface area contributed by atoms with Crippen molar-refractivity contribution in [2.75, 3.05) is 5.73 Å². The third-order valence-electron chi connectivity index (χ3n) is 2.24. The zero-order valence-electron chi connectivity index (χ0n) is 8.15. The molecular weight excluding hydrogens is 310 g/mol. The van der Waals surface area contributed by atoms with E-state index < -0.39 is 6.10 Å². The largest absolute Gasteiger partial charge is 0.398 e. The summed E-state index contributed by atoms with van der Waals surface area (Å²) in [6.45, 7) is 0. The molecule has 0 saturated carbocycles. The smallest absolute Gasteiger partial charge is 0.117 e. The van der Waals surface area contributed by atoms with E-state index in [1.807, 2.05) is 11.4 Å². The van der Waals surface area contributed by atoms with E-state index in [4.69, 9.17) is 17.3 Å². The number of anilines is 1. The minimum atomic E-state index is -0.773. The first kappa shape index (κ1) is 11.9. The van der Waals surface area contributed by atoms with Gasteiger partial charge in [-0.1, -0.05) is 27.5 Å². The van der Waals surface area contributed by atoms with Gasteiger partial charge in [0.05, 0.1) is 9.90 Å². The van der Waals surface area contributed by atoms with Crippen LogP contribution in [0.15, 0.2) is 34.1 Å². The van der Waals surface area contributed by atoms with E-state index >= 15 is 0 Å². The van der Waals surface area contributed by atoms with Gasteiger partial charge < -0.3 is 10.8 Å². The fourth-order valence-corrected chi connectivity index (χ4v) is 2.96. The van der Waals surface area contributed by atoms with Crippen molar-refractivity contribution in [3.8, 4) is 0 Å². The molecule has 0 bridgehead atoms. The Morgan fingerprint density at radius 1 is 1.38 bits per heavy atom. The van der Waals surface area contributed by atoms with Gasteiger partial charge in [-0.2, -0.15) is 0 Å². The summed E-state index contributed by atoms with van der Waals surface area (Å²) in [6, 6.07) is 7.15. The molecule has 1 unspecified atom stereocenters. The average Bonchev–Trinajstić information content (AvgIpc) is 2.67. The van der Waals surface area contributed by atoms with Gasteiger partial charge in [0.1, 0.15) is 6.10 Å². The number of aliphatic hydroxyl groups excluding tert-OH is 1. The van der Waals surface area contributed by atoms with Crippen molar-refractivity contribution >= 4 is 44.6 Å². The summed E-state index contributed by atoms with van der Waals surface area (Å²) in [6.07, 6.45) is -0.773. The van der Waals surface area contributed by atoms with Crippen molar-refractivity contribution in [2.45, 2.75) is 6.10 Å². The van der Waals surface area contributed by atoms with Gasteiger partial charge in [-0.15, -0.1) is 11.3 Å². The normalized spacial score (nSPS) is 12.7. The van der Waals surface area contributed by atoms with Gasteiger partial charge in [-0.05, 0) is 29.6 Å². The maximum absolute atomic E-state index is 10.2. The first-order valence-corrected chi connectivity index (χ1v) is 6.60. The maximum atomic E-state index is 10.2. The molecule has 1 aromatic carbocycles. The molecule has 16 heavy (non-hydrogen) atoms. The van der Waals surface area contributed by atoms with Gasteiger partial charge in [-0.3, -0.25) is 0 Å².